The molecule has 0 N–H and O–H groups in total. The van der Waals surface area contributed by atoms with E-state index < -0.39 is 0 Å². The van der Waals surface area contributed by atoms with Crippen LogP contribution in [0.15, 0.2) is 97.1 Å². The molecule has 5 aromatic carbocycles. The molecule has 1 aliphatic carbocycles. The first-order valence-corrected chi connectivity index (χ1v) is 15.8. The highest BCUT2D eigenvalue weighted by molar-refractivity contribution is 6.23. The summed E-state index contributed by atoms with van der Waals surface area (Å²) >= 11 is 0. The molecular weight excluding hydrogens is 536 g/mol. The van der Waals surface area contributed by atoms with E-state index in [0.29, 0.717) is 0 Å². The van der Waals surface area contributed by atoms with Crippen molar-refractivity contribution in [1.82, 2.24) is 14.0 Å². The van der Waals surface area contributed by atoms with Gasteiger partial charge in [0.1, 0.15) is 0 Å². The average Bonchev–Trinajstić information content (AvgIpc) is 3.75. The second-order valence-electron chi connectivity index (χ2n) is 14.5. The number of aromatic nitrogens is 3. The third-order valence-electron chi connectivity index (χ3n) is 11.6. The smallest absolute Gasteiger partial charge is 0.212 e. The molecule has 0 unspecified atom stereocenters. The van der Waals surface area contributed by atoms with Crippen LogP contribution in [0.3, 0.4) is 0 Å². The first-order valence-electron chi connectivity index (χ1n) is 15.8. The van der Waals surface area contributed by atoms with Gasteiger partial charge in [0, 0.05) is 38.2 Å². The van der Waals surface area contributed by atoms with Crippen molar-refractivity contribution < 1.29 is 0 Å². The first kappa shape index (κ1) is 24.6. The number of para-hydroxylation sites is 2. The standard InChI is InChI=1S/C40H34N4/c1-38(2)29-16-9-7-13-27(29)34-30(38)19-21-33-35(34)41-37-43(39(3,4)40(5,6)44(33)37)23-18-20-32-28(22-23)26-15-11-14-25-24-12-8-10-17-31(24)42(32)36(25)26/h7-22H,1-6H3. The molecule has 214 valence electrons. The number of fused-ring (bicyclic) bond motifs is 13. The number of imidazole rings is 1. The molecule has 10 rings (SSSR count). The van der Waals surface area contributed by atoms with Gasteiger partial charge in [0.15, 0.2) is 0 Å². The van der Waals surface area contributed by atoms with E-state index in [1.54, 1.807) is 0 Å². The normalized spacial score (nSPS) is 17.8. The lowest BCUT2D eigenvalue weighted by Crippen LogP contribution is -2.50. The molecular formula is C40H34N4. The fourth-order valence-electron chi connectivity index (χ4n) is 8.81. The molecule has 0 saturated heterocycles. The summed E-state index contributed by atoms with van der Waals surface area (Å²) in [4.78, 5) is 8.06. The summed E-state index contributed by atoms with van der Waals surface area (Å²) < 4.78 is 4.96. The largest absolute Gasteiger partial charge is 0.308 e. The first-order chi connectivity index (χ1) is 21.1. The zero-order valence-corrected chi connectivity index (χ0v) is 26.0. The van der Waals surface area contributed by atoms with Crippen LogP contribution in [0.1, 0.15) is 52.7 Å². The van der Waals surface area contributed by atoms with Gasteiger partial charge in [-0.15, -0.1) is 0 Å². The number of anilines is 2. The van der Waals surface area contributed by atoms with Gasteiger partial charge in [-0.25, -0.2) is 4.98 Å². The lowest BCUT2D eigenvalue weighted by atomic mass is 9.81. The predicted molar refractivity (Wildman–Crippen MR) is 184 cm³/mol. The van der Waals surface area contributed by atoms with Crippen LogP contribution in [0.2, 0.25) is 0 Å². The van der Waals surface area contributed by atoms with E-state index in [1.165, 1.54) is 71.6 Å². The zero-order chi connectivity index (χ0) is 29.9. The fourth-order valence-corrected chi connectivity index (χ4v) is 8.81. The van der Waals surface area contributed by atoms with Gasteiger partial charge in [0.2, 0.25) is 5.95 Å². The molecule has 0 amide bonds. The minimum atomic E-state index is -0.222. The lowest BCUT2D eigenvalue weighted by Gasteiger charge is -2.41. The van der Waals surface area contributed by atoms with Gasteiger partial charge < -0.3 is 13.9 Å². The molecule has 0 spiro atoms. The summed E-state index contributed by atoms with van der Waals surface area (Å²) in [5.74, 6) is 1.02. The summed E-state index contributed by atoms with van der Waals surface area (Å²) in [6.07, 6.45) is 0. The van der Waals surface area contributed by atoms with Gasteiger partial charge in [-0.05, 0) is 74.7 Å². The van der Waals surface area contributed by atoms with Gasteiger partial charge >= 0.3 is 0 Å². The average molecular weight is 571 g/mol. The van der Waals surface area contributed by atoms with Crippen molar-refractivity contribution in [1.29, 1.82) is 0 Å². The highest BCUT2D eigenvalue weighted by Crippen LogP contribution is 2.56. The summed E-state index contributed by atoms with van der Waals surface area (Å²) in [7, 11) is 0. The highest BCUT2D eigenvalue weighted by atomic mass is 15.4. The van der Waals surface area contributed by atoms with Crippen LogP contribution in [0.4, 0.5) is 11.6 Å². The molecule has 44 heavy (non-hydrogen) atoms. The molecule has 0 fully saturated rings. The monoisotopic (exact) mass is 570 g/mol. The molecule has 2 aliphatic rings. The Morgan fingerprint density at radius 3 is 2.09 bits per heavy atom. The van der Waals surface area contributed by atoms with Crippen molar-refractivity contribution in [2.24, 2.45) is 0 Å². The van der Waals surface area contributed by atoms with Crippen LogP contribution >= 0.6 is 0 Å². The van der Waals surface area contributed by atoms with Gasteiger partial charge in [-0.3, -0.25) is 0 Å². The second kappa shape index (κ2) is 7.44. The van der Waals surface area contributed by atoms with Crippen molar-refractivity contribution in [3.8, 4) is 11.1 Å². The Hall–Kier alpha value is -4.83. The summed E-state index contributed by atoms with van der Waals surface area (Å²) in [5, 5.41) is 5.22. The van der Waals surface area contributed by atoms with Crippen LogP contribution in [-0.4, -0.2) is 19.5 Å². The molecule has 4 heterocycles. The Morgan fingerprint density at radius 2 is 1.25 bits per heavy atom. The maximum absolute atomic E-state index is 5.56. The van der Waals surface area contributed by atoms with Crippen molar-refractivity contribution >= 4 is 60.8 Å². The Morgan fingerprint density at radius 1 is 0.568 bits per heavy atom. The number of benzene rings is 5. The number of nitrogens with zero attached hydrogens (tertiary/aromatic N) is 4. The second-order valence-corrected chi connectivity index (χ2v) is 14.5. The van der Waals surface area contributed by atoms with Crippen LogP contribution in [0.25, 0.3) is 60.3 Å². The lowest BCUT2D eigenvalue weighted by molar-refractivity contribution is 0.253. The van der Waals surface area contributed by atoms with Gasteiger partial charge in [-0.2, -0.15) is 0 Å². The molecule has 0 atom stereocenters. The van der Waals surface area contributed by atoms with Crippen molar-refractivity contribution in [2.75, 3.05) is 4.90 Å². The number of hydrogen-bond donors (Lipinski definition) is 0. The third-order valence-corrected chi connectivity index (χ3v) is 11.6. The van der Waals surface area contributed by atoms with E-state index in [0.717, 1.165) is 11.5 Å². The van der Waals surface area contributed by atoms with Crippen LogP contribution < -0.4 is 4.90 Å². The van der Waals surface area contributed by atoms with E-state index in [9.17, 15) is 0 Å². The van der Waals surface area contributed by atoms with E-state index >= 15 is 0 Å². The molecule has 0 radical (unpaired) electrons. The summed E-state index contributed by atoms with van der Waals surface area (Å²) in [6.45, 7) is 14.2. The summed E-state index contributed by atoms with van der Waals surface area (Å²) in [6, 6.07) is 36.1. The molecule has 0 saturated carbocycles. The Bertz CT molecular complexity index is 2540. The maximum Gasteiger partial charge on any atom is 0.212 e. The zero-order valence-electron chi connectivity index (χ0n) is 26.0. The highest BCUT2D eigenvalue weighted by Gasteiger charge is 2.54. The van der Waals surface area contributed by atoms with E-state index in [4.69, 9.17) is 4.98 Å². The van der Waals surface area contributed by atoms with E-state index in [-0.39, 0.29) is 16.5 Å². The molecule has 4 nitrogen and oxygen atoms in total. The molecule has 1 aliphatic heterocycles. The van der Waals surface area contributed by atoms with Crippen LogP contribution in [-0.2, 0) is 11.0 Å². The van der Waals surface area contributed by atoms with E-state index in [2.05, 4.69) is 152 Å². The molecule has 8 aromatic rings. The molecule has 3 aromatic heterocycles. The van der Waals surface area contributed by atoms with Crippen molar-refractivity contribution in [3.63, 3.8) is 0 Å². The fraction of sp³-hybridized carbons (Fsp3) is 0.225. The minimum Gasteiger partial charge on any atom is -0.308 e. The van der Waals surface area contributed by atoms with Crippen LogP contribution in [0, 0.1) is 0 Å². The predicted octanol–water partition coefficient (Wildman–Crippen LogP) is 10.2. The van der Waals surface area contributed by atoms with Gasteiger partial charge in [0.05, 0.1) is 38.7 Å². The number of rotatable bonds is 1. The maximum atomic E-state index is 5.56. The number of hydrogen-bond acceptors (Lipinski definition) is 2. The molecule has 0 bridgehead atoms. The van der Waals surface area contributed by atoms with E-state index in [1.807, 2.05) is 0 Å². The van der Waals surface area contributed by atoms with Gasteiger partial charge in [-0.1, -0.05) is 80.6 Å². The summed E-state index contributed by atoms with van der Waals surface area (Å²) in [5.41, 5.74) is 12.2. The van der Waals surface area contributed by atoms with Gasteiger partial charge in [0.25, 0.3) is 0 Å². The van der Waals surface area contributed by atoms with Crippen molar-refractivity contribution in [2.45, 2.75) is 58.0 Å². The third kappa shape index (κ3) is 2.55. The SMILES string of the molecule is CC1(C)c2ccccc2-c2c1ccc1c2nc2n1C(C)(C)C(C)(C)N2c1ccc2c(c1)c1cccc3c4ccccc4n2c31. The molecule has 4 heteroatoms. The van der Waals surface area contributed by atoms with Crippen LogP contribution in [0.5, 0.6) is 0 Å². The Balaban J connectivity index is 1.26. The minimum absolute atomic E-state index is 0.0512. The quantitative estimate of drug-likeness (QED) is 0.196. The van der Waals surface area contributed by atoms with Crippen molar-refractivity contribution in [3.05, 3.63) is 108 Å². The Kier molecular flexibility index (Phi) is 4.16. The topological polar surface area (TPSA) is 25.5 Å². The Labute approximate surface area is 256 Å².